The molecule has 1 atom stereocenters. The van der Waals surface area contributed by atoms with E-state index in [4.69, 9.17) is 5.26 Å². The molecule has 0 unspecified atom stereocenters. The van der Waals surface area contributed by atoms with E-state index in [1.807, 2.05) is 13.0 Å². The molecule has 0 saturated carbocycles. The minimum Gasteiger partial charge on any atom is -0.348 e. The van der Waals surface area contributed by atoms with Crippen LogP contribution < -0.4 is 5.32 Å². The van der Waals surface area contributed by atoms with E-state index in [1.54, 1.807) is 24.3 Å². The lowest BCUT2D eigenvalue weighted by Crippen LogP contribution is -2.34. The fourth-order valence-electron chi connectivity index (χ4n) is 2.02. The summed E-state index contributed by atoms with van der Waals surface area (Å²) in [6, 6.07) is 11.3. The third kappa shape index (κ3) is 3.89. The Morgan fingerprint density at radius 1 is 1.41 bits per heavy atom. The maximum absolute atomic E-state index is 13.2. The van der Waals surface area contributed by atoms with E-state index in [0.717, 1.165) is 0 Å². The van der Waals surface area contributed by atoms with E-state index in [2.05, 4.69) is 10.3 Å². The van der Waals surface area contributed by atoms with Crippen LogP contribution in [0, 0.1) is 17.1 Å². The Morgan fingerprint density at radius 3 is 2.82 bits per heavy atom. The van der Waals surface area contributed by atoms with E-state index in [1.165, 1.54) is 18.3 Å². The Balaban J connectivity index is 2.12. The maximum atomic E-state index is 13.2. The van der Waals surface area contributed by atoms with Crippen molar-refractivity contribution in [3.8, 4) is 17.3 Å². The summed E-state index contributed by atoms with van der Waals surface area (Å²) in [4.78, 5) is 16.3. The zero-order valence-electron chi connectivity index (χ0n) is 12.2. The molecule has 1 aromatic carbocycles. The number of halogens is 1. The van der Waals surface area contributed by atoms with Crippen LogP contribution in [0.2, 0.25) is 0 Å². The second-order valence-corrected chi connectivity index (χ2v) is 4.88. The molecule has 2 rings (SSSR count). The molecule has 2 aromatic rings. The van der Waals surface area contributed by atoms with Gasteiger partial charge in [-0.2, -0.15) is 5.26 Å². The van der Waals surface area contributed by atoms with Gasteiger partial charge < -0.3 is 5.32 Å². The van der Waals surface area contributed by atoms with E-state index in [9.17, 15) is 9.18 Å². The van der Waals surface area contributed by atoms with Gasteiger partial charge in [0.1, 0.15) is 5.82 Å². The van der Waals surface area contributed by atoms with Crippen LogP contribution in [0.4, 0.5) is 4.39 Å². The second kappa shape index (κ2) is 7.32. The van der Waals surface area contributed by atoms with Gasteiger partial charge in [-0.05, 0) is 30.7 Å². The summed E-state index contributed by atoms with van der Waals surface area (Å²) < 4.78 is 13.2. The molecule has 1 amide bonds. The van der Waals surface area contributed by atoms with Crippen molar-refractivity contribution in [3.05, 3.63) is 54.0 Å². The molecular formula is C17H16FN3O. The first-order valence-corrected chi connectivity index (χ1v) is 7.04. The standard InChI is InChI=1S/C17H16FN3O/c1-2-15(8-9-19)21-17(22)13-6-7-16(20-11-13)12-4-3-5-14(18)10-12/h3-7,10-11,15H,2,8H2,1H3,(H,21,22)/t15-/m1/s1. The monoisotopic (exact) mass is 297 g/mol. The highest BCUT2D eigenvalue weighted by Gasteiger charge is 2.12. The topological polar surface area (TPSA) is 65.8 Å². The van der Waals surface area contributed by atoms with Gasteiger partial charge in [0.15, 0.2) is 0 Å². The Kier molecular flexibility index (Phi) is 5.21. The molecule has 22 heavy (non-hydrogen) atoms. The van der Waals surface area contributed by atoms with Crippen LogP contribution in [-0.2, 0) is 0 Å². The summed E-state index contributed by atoms with van der Waals surface area (Å²) >= 11 is 0. The van der Waals surface area contributed by atoms with Gasteiger partial charge in [-0.25, -0.2) is 4.39 Å². The summed E-state index contributed by atoms with van der Waals surface area (Å²) in [5, 5.41) is 11.5. The molecule has 112 valence electrons. The lowest BCUT2D eigenvalue weighted by atomic mass is 10.1. The molecule has 0 radical (unpaired) electrons. The van der Waals surface area contributed by atoms with Gasteiger partial charge in [-0.15, -0.1) is 0 Å². The van der Waals surface area contributed by atoms with Crippen molar-refractivity contribution in [2.24, 2.45) is 0 Å². The van der Waals surface area contributed by atoms with Gasteiger partial charge in [-0.1, -0.05) is 19.1 Å². The number of carbonyl (C=O) groups is 1. The van der Waals surface area contributed by atoms with Crippen LogP contribution in [0.1, 0.15) is 30.1 Å². The van der Waals surface area contributed by atoms with Crippen LogP contribution in [-0.4, -0.2) is 16.9 Å². The highest BCUT2D eigenvalue weighted by molar-refractivity contribution is 5.94. The predicted molar refractivity (Wildman–Crippen MR) is 81.4 cm³/mol. The Bertz CT molecular complexity index is 692. The number of hydrogen-bond donors (Lipinski definition) is 1. The average molecular weight is 297 g/mol. The lowest BCUT2D eigenvalue weighted by molar-refractivity contribution is 0.0936. The van der Waals surface area contributed by atoms with Gasteiger partial charge in [0.25, 0.3) is 5.91 Å². The zero-order valence-corrected chi connectivity index (χ0v) is 12.2. The highest BCUT2D eigenvalue weighted by atomic mass is 19.1. The number of nitrogens with zero attached hydrogens (tertiary/aromatic N) is 2. The molecule has 5 heteroatoms. The van der Waals surface area contributed by atoms with Gasteiger partial charge >= 0.3 is 0 Å². The third-order valence-corrected chi connectivity index (χ3v) is 3.31. The van der Waals surface area contributed by atoms with E-state index < -0.39 is 0 Å². The second-order valence-electron chi connectivity index (χ2n) is 4.88. The summed E-state index contributed by atoms with van der Waals surface area (Å²) in [6.07, 6.45) is 2.42. The number of nitriles is 1. The molecule has 4 nitrogen and oxygen atoms in total. The van der Waals surface area contributed by atoms with Crippen molar-refractivity contribution in [1.29, 1.82) is 5.26 Å². The number of rotatable bonds is 5. The number of carbonyl (C=O) groups excluding carboxylic acids is 1. The molecule has 0 spiro atoms. The molecule has 1 N–H and O–H groups in total. The summed E-state index contributed by atoms with van der Waals surface area (Å²) in [6.45, 7) is 1.91. The number of nitrogens with one attached hydrogen (secondary N) is 1. The van der Waals surface area contributed by atoms with Crippen LogP contribution in [0.25, 0.3) is 11.3 Å². The normalized spacial score (nSPS) is 11.5. The third-order valence-electron chi connectivity index (χ3n) is 3.31. The molecule has 0 fully saturated rings. The van der Waals surface area contributed by atoms with Crippen molar-refractivity contribution in [2.45, 2.75) is 25.8 Å². The molecule has 0 bridgehead atoms. The van der Waals surface area contributed by atoms with Crippen LogP contribution >= 0.6 is 0 Å². The first-order chi connectivity index (χ1) is 10.6. The van der Waals surface area contributed by atoms with Crippen molar-refractivity contribution in [1.82, 2.24) is 10.3 Å². The summed E-state index contributed by atoms with van der Waals surface area (Å²) in [5.41, 5.74) is 1.67. The van der Waals surface area contributed by atoms with E-state index >= 15 is 0 Å². The number of amides is 1. The molecule has 0 aliphatic carbocycles. The molecule has 0 aliphatic rings. The highest BCUT2D eigenvalue weighted by Crippen LogP contribution is 2.18. The van der Waals surface area contributed by atoms with E-state index in [-0.39, 0.29) is 24.2 Å². The summed E-state index contributed by atoms with van der Waals surface area (Å²) in [5.74, 6) is -0.594. The molecule has 0 aliphatic heterocycles. The average Bonchev–Trinajstić information content (AvgIpc) is 2.54. The van der Waals surface area contributed by atoms with Gasteiger partial charge in [0, 0.05) is 17.8 Å². The number of benzene rings is 1. The smallest absolute Gasteiger partial charge is 0.253 e. The van der Waals surface area contributed by atoms with Crippen LogP contribution in [0.3, 0.4) is 0 Å². The Morgan fingerprint density at radius 2 is 2.23 bits per heavy atom. The van der Waals surface area contributed by atoms with Crippen LogP contribution in [0.15, 0.2) is 42.6 Å². The van der Waals surface area contributed by atoms with Crippen molar-refractivity contribution in [2.75, 3.05) is 0 Å². The fourth-order valence-corrected chi connectivity index (χ4v) is 2.02. The quantitative estimate of drug-likeness (QED) is 0.920. The Hall–Kier alpha value is -2.74. The first kappa shape index (κ1) is 15.6. The van der Waals surface area contributed by atoms with Gasteiger partial charge in [-0.3, -0.25) is 9.78 Å². The fraction of sp³-hybridized carbons (Fsp3) is 0.235. The summed E-state index contributed by atoms with van der Waals surface area (Å²) in [7, 11) is 0. The van der Waals surface area contributed by atoms with Gasteiger partial charge in [0.2, 0.25) is 0 Å². The largest absolute Gasteiger partial charge is 0.348 e. The van der Waals surface area contributed by atoms with Crippen molar-refractivity contribution < 1.29 is 9.18 Å². The number of aromatic nitrogens is 1. The zero-order chi connectivity index (χ0) is 15.9. The predicted octanol–water partition coefficient (Wildman–Crippen LogP) is 3.31. The SMILES string of the molecule is CC[C@H](CC#N)NC(=O)c1ccc(-c2cccc(F)c2)nc1. The minimum atomic E-state index is -0.330. The number of hydrogen-bond acceptors (Lipinski definition) is 3. The van der Waals surface area contributed by atoms with Crippen molar-refractivity contribution in [3.63, 3.8) is 0 Å². The molecule has 1 aromatic heterocycles. The first-order valence-electron chi connectivity index (χ1n) is 7.04. The molecule has 0 saturated heterocycles. The van der Waals surface area contributed by atoms with Crippen molar-refractivity contribution >= 4 is 5.91 Å². The lowest BCUT2D eigenvalue weighted by Gasteiger charge is -2.13. The van der Waals surface area contributed by atoms with Gasteiger partial charge in [0.05, 0.1) is 23.7 Å². The number of pyridine rings is 1. The Labute approximate surface area is 128 Å². The maximum Gasteiger partial charge on any atom is 0.253 e. The molecule has 1 heterocycles. The van der Waals surface area contributed by atoms with E-state index in [0.29, 0.717) is 23.2 Å². The van der Waals surface area contributed by atoms with Crippen LogP contribution in [0.5, 0.6) is 0 Å². The minimum absolute atomic E-state index is 0.166. The molecular weight excluding hydrogens is 281 g/mol.